The molecule has 1 fully saturated rings. The Hall–Kier alpha value is -6.18. The van der Waals surface area contributed by atoms with Crippen LogP contribution in [0.1, 0.15) is 64.0 Å². The van der Waals surface area contributed by atoms with E-state index in [4.69, 9.17) is 9.47 Å². The number of likely N-dealkylation sites (tertiary alicyclic amines) is 1. The van der Waals surface area contributed by atoms with Crippen molar-refractivity contribution in [2.24, 2.45) is 26.6 Å². The van der Waals surface area contributed by atoms with E-state index in [1.165, 1.54) is 15.7 Å². The van der Waals surface area contributed by atoms with Crippen LogP contribution in [0.4, 0.5) is 33.8 Å². The minimum absolute atomic E-state index is 0.0184. The summed E-state index contributed by atoms with van der Waals surface area (Å²) in [5.74, 6) is -1.20. The fourth-order valence-electron chi connectivity index (χ4n) is 6.10. The van der Waals surface area contributed by atoms with Gasteiger partial charge in [0, 0.05) is 77.4 Å². The van der Waals surface area contributed by atoms with Crippen LogP contribution in [0.5, 0.6) is 0 Å². The maximum absolute atomic E-state index is 13.3. The monoisotopic (exact) mass is 795 g/mol. The van der Waals surface area contributed by atoms with Gasteiger partial charge in [0.15, 0.2) is 5.82 Å². The molecule has 310 valence electrons. The number of ether oxygens (including phenoxy) is 2. The molecule has 0 unspecified atom stereocenters. The van der Waals surface area contributed by atoms with Crippen molar-refractivity contribution < 1.29 is 43.0 Å². The molecule has 0 aromatic carbocycles. The van der Waals surface area contributed by atoms with Gasteiger partial charge in [0.1, 0.15) is 23.1 Å². The van der Waals surface area contributed by atoms with E-state index in [-0.39, 0.29) is 69.5 Å². The summed E-state index contributed by atoms with van der Waals surface area (Å²) in [4.78, 5) is 96.2. The summed E-state index contributed by atoms with van der Waals surface area (Å²) in [5.41, 5.74) is -1.19. The Bertz CT molecular complexity index is 2000. The number of nitrogens with zero attached hydrogens (tertiary/aromatic N) is 6. The summed E-state index contributed by atoms with van der Waals surface area (Å²) in [6.45, 7) is 7.61. The third-order valence-electron chi connectivity index (χ3n) is 8.64. The van der Waals surface area contributed by atoms with Gasteiger partial charge in [-0.15, -0.1) is 0 Å². The molecule has 1 aliphatic rings. The molecule has 0 aliphatic carbocycles. The second-order valence-corrected chi connectivity index (χ2v) is 15.3. The number of nitrogens with one attached hydrogen (secondary N) is 5. The Kier molecular flexibility index (Phi) is 13.9. The summed E-state index contributed by atoms with van der Waals surface area (Å²) >= 11 is 0. The van der Waals surface area contributed by atoms with E-state index in [9.17, 15) is 33.6 Å². The second-order valence-electron chi connectivity index (χ2n) is 15.3. The number of aromatic nitrogens is 4. The molecule has 1 saturated heterocycles. The predicted octanol–water partition coefficient (Wildman–Crippen LogP) is 2.73. The molecule has 3 aromatic heterocycles. The van der Waals surface area contributed by atoms with Crippen LogP contribution in [0.2, 0.25) is 0 Å². The molecule has 0 spiro atoms. The van der Waals surface area contributed by atoms with Gasteiger partial charge in [-0.2, -0.15) is 0 Å². The standard InChI is InChI=1S/C37H53N11O9/c1-10-56-32(53)17-37(21-48(22-37)35(55)57-36(2,3)4)16-30(51)43-27-15-23(18-45(27)7)38-34(54)33-40-24(19-46(33)8)39-28(49)13-14-29(50)41-25-11-12-26(47(25)9)42-31(52)20-44(5)6/h11-12,15,18-19H,10,13-14,16-17,20-22H2,1-9H3,(H,38,54)(H,39,49)(H,41,50)(H,42,52)(H,43,51). The Balaban J connectivity index is 1.28. The van der Waals surface area contributed by atoms with Gasteiger partial charge in [-0.1, -0.05) is 0 Å². The fraction of sp³-hybridized carbons (Fsp3) is 0.514. The molecule has 0 atom stereocenters. The zero-order valence-electron chi connectivity index (χ0n) is 33.9. The highest BCUT2D eigenvalue weighted by atomic mass is 16.6. The maximum Gasteiger partial charge on any atom is 0.410 e. The summed E-state index contributed by atoms with van der Waals surface area (Å²) in [6, 6.07) is 4.85. The van der Waals surface area contributed by atoms with Crippen LogP contribution in [0.15, 0.2) is 30.6 Å². The smallest absolute Gasteiger partial charge is 0.410 e. The van der Waals surface area contributed by atoms with Crippen LogP contribution in [0.25, 0.3) is 0 Å². The minimum Gasteiger partial charge on any atom is -0.466 e. The highest BCUT2D eigenvalue weighted by Gasteiger charge is 2.49. The normalized spacial score (nSPS) is 13.3. The summed E-state index contributed by atoms with van der Waals surface area (Å²) in [7, 11) is 8.49. The number of hydrogen-bond donors (Lipinski definition) is 5. The number of carbonyl (C=O) groups is 7. The van der Waals surface area contributed by atoms with E-state index in [0.29, 0.717) is 23.1 Å². The average Bonchev–Trinajstić information content (AvgIpc) is 3.72. The molecule has 0 saturated carbocycles. The van der Waals surface area contributed by atoms with Gasteiger partial charge in [-0.05, 0) is 53.9 Å². The first-order chi connectivity index (χ1) is 26.7. The molecule has 5 N–H and O–H groups in total. The summed E-state index contributed by atoms with van der Waals surface area (Å²) in [6.07, 6.45) is 2.08. The van der Waals surface area contributed by atoms with E-state index in [0.717, 1.165) is 0 Å². The quantitative estimate of drug-likeness (QED) is 0.132. The van der Waals surface area contributed by atoms with Gasteiger partial charge < -0.3 is 59.6 Å². The van der Waals surface area contributed by atoms with Crippen molar-refractivity contribution in [1.82, 2.24) is 28.5 Å². The fourth-order valence-corrected chi connectivity index (χ4v) is 6.10. The van der Waals surface area contributed by atoms with Crippen LogP contribution in [-0.2, 0) is 54.6 Å². The molecule has 0 radical (unpaired) electrons. The molecule has 57 heavy (non-hydrogen) atoms. The van der Waals surface area contributed by atoms with Crippen molar-refractivity contribution in [3.63, 3.8) is 0 Å². The molecule has 3 aromatic rings. The Morgan fingerprint density at radius 3 is 1.98 bits per heavy atom. The number of anilines is 5. The predicted molar refractivity (Wildman–Crippen MR) is 210 cm³/mol. The van der Waals surface area contributed by atoms with Crippen LogP contribution in [0.3, 0.4) is 0 Å². The molecular formula is C37H53N11O9. The summed E-state index contributed by atoms with van der Waals surface area (Å²) < 4.78 is 15.2. The molecular weight excluding hydrogens is 742 g/mol. The highest BCUT2D eigenvalue weighted by Crippen LogP contribution is 2.39. The van der Waals surface area contributed by atoms with Gasteiger partial charge >= 0.3 is 12.1 Å². The van der Waals surface area contributed by atoms with Crippen molar-refractivity contribution in [1.29, 1.82) is 0 Å². The van der Waals surface area contributed by atoms with Gasteiger partial charge in [-0.3, -0.25) is 28.8 Å². The maximum atomic E-state index is 13.3. The Morgan fingerprint density at radius 1 is 0.789 bits per heavy atom. The molecule has 20 heteroatoms. The molecule has 6 amide bonds. The number of amides is 6. The van der Waals surface area contributed by atoms with Gasteiger partial charge in [0.05, 0.1) is 25.3 Å². The van der Waals surface area contributed by atoms with Gasteiger partial charge in [-0.25, -0.2) is 9.78 Å². The zero-order valence-corrected chi connectivity index (χ0v) is 33.9. The second kappa shape index (κ2) is 18.2. The number of rotatable bonds is 16. The Labute approximate surface area is 330 Å². The topological polar surface area (TPSA) is 232 Å². The first-order valence-electron chi connectivity index (χ1n) is 18.3. The minimum atomic E-state index is -0.841. The van der Waals surface area contributed by atoms with Crippen LogP contribution < -0.4 is 26.6 Å². The van der Waals surface area contributed by atoms with Crippen LogP contribution in [-0.4, -0.2) is 116 Å². The SMILES string of the molecule is CCOC(=O)CC1(CC(=O)Nc2cc(NC(=O)c3nc(NC(=O)CCC(=O)Nc4ccc(NC(=O)CN(C)C)n4C)cn3C)cn2C)CN(C(=O)OC(C)(C)C)C1. The highest BCUT2D eigenvalue weighted by molar-refractivity contribution is 6.03. The zero-order chi connectivity index (χ0) is 42.2. The van der Waals surface area contributed by atoms with E-state index in [1.54, 1.807) is 101 Å². The largest absolute Gasteiger partial charge is 0.466 e. The average molecular weight is 796 g/mol. The lowest BCUT2D eigenvalue weighted by molar-refractivity contribution is -0.150. The van der Waals surface area contributed by atoms with Crippen molar-refractivity contribution in [3.05, 3.63) is 36.4 Å². The van der Waals surface area contributed by atoms with Crippen LogP contribution in [0, 0.1) is 5.41 Å². The number of hydrogen-bond acceptors (Lipinski definition) is 11. The number of imidazole rings is 1. The third kappa shape index (κ3) is 12.4. The lowest BCUT2D eigenvalue weighted by Crippen LogP contribution is -2.61. The summed E-state index contributed by atoms with van der Waals surface area (Å²) in [5, 5.41) is 13.6. The lowest BCUT2D eigenvalue weighted by Gasteiger charge is -2.49. The van der Waals surface area contributed by atoms with E-state index >= 15 is 0 Å². The first-order valence-corrected chi connectivity index (χ1v) is 18.3. The van der Waals surface area contributed by atoms with Crippen molar-refractivity contribution in [3.8, 4) is 0 Å². The van der Waals surface area contributed by atoms with Crippen LogP contribution >= 0.6 is 0 Å². The lowest BCUT2D eigenvalue weighted by atomic mass is 9.74. The van der Waals surface area contributed by atoms with Gasteiger partial charge in [0.25, 0.3) is 5.91 Å². The molecule has 4 heterocycles. The number of carbonyl (C=O) groups excluding carboxylic acids is 7. The molecule has 1 aliphatic heterocycles. The Morgan fingerprint density at radius 2 is 1.39 bits per heavy atom. The number of esters is 1. The molecule has 0 bridgehead atoms. The number of aryl methyl sites for hydroxylation is 2. The van der Waals surface area contributed by atoms with Gasteiger partial charge in [0.2, 0.25) is 29.5 Å². The van der Waals surface area contributed by atoms with Crippen molar-refractivity contribution >= 4 is 70.6 Å². The first kappa shape index (κ1) is 43.5. The molecule has 4 rings (SSSR count). The van der Waals surface area contributed by atoms with E-state index in [2.05, 4.69) is 31.6 Å². The van der Waals surface area contributed by atoms with Crippen molar-refractivity contribution in [2.45, 2.75) is 59.0 Å². The van der Waals surface area contributed by atoms with E-state index in [1.807, 2.05) is 0 Å². The molecule has 20 nitrogen and oxygen atoms in total. The third-order valence-corrected chi connectivity index (χ3v) is 8.64. The number of likely N-dealkylation sites (N-methyl/N-ethyl adjacent to an activating group) is 1. The van der Waals surface area contributed by atoms with E-state index < -0.39 is 46.7 Å². The van der Waals surface area contributed by atoms with Crippen molar-refractivity contribution in [2.75, 3.05) is 66.9 Å².